The highest BCUT2D eigenvalue weighted by Crippen LogP contribution is 2.20. The average Bonchev–Trinajstić information content (AvgIpc) is 3.31. The number of hydrogen-bond donors (Lipinski definition) is 1. The van der Waals surface area contributed by atoms with Gasteiger partial charge in [0, 0.05) is 36.9 Å². The normalized spacial score (nSPS) is 17.1. The van der Waals surface area contributed by atoms with Crippen molar-refractivity contribution in [3.8, 4) is 0 Å². The number of aromatic nitrogens is 3. The molecule has 24 heavy (non-hydrogen) atoms. The van der Waals surface area contributed by atoms with E-state index in [4.69, 9.17) is 4.74 Å². The number of ether oxygens (including phenoxy) is 1. The molecule has 1 unspecified atom stereocenters. The number of carbonyl (C=O) groups is 1. The van der Waals surface area contributed by atoms with Gasteiger partial charge in [0.05, 0.1) is 6.61 Å². The molecule has 0 bridgehead atoms. The summed E-state index contributed by atoms with van der Waals surface area (Å²) in [6.45, 7) is 5.10. The van der Waals surface area contributed by atoms with Gasteiger partial charge >= 0.3 is 0 Å². The minimum atomic E-state index is 0.0961. The Hall–Kier alpha value is -1.86. The lowest BCUT2D eigenvalue weighted by Gasteiger charge is -2.23. The molecule has 2 aromatic rings. The maximum absolute atomic E-state index is 12.7. The van der Waals surface area contributed by atoms with Crippen molar-refractivity contribution in [3.05, 3.63) is 41.7 Å². The van der Waals surface area contributed by atoms with E-state index < -0.39 is 0 Å². The molecule has 1 saturated heterocycles. The third-order valence-corrected chi connectivity index (χ3v) is 5.09. The molecule has 0 spiro atoms. The third kappa shape index (κ3) is 4.36. The SMILES string of the molecule is CCN(CC1CCOC1)C(=O)c1ccc(CSc2ncn[nH]2)cc1. The van der Waals surface area contributed by atoms with Crippen LogP contribution in [0.3, 0.4) is 0 Å². The van der Waals surface area contributed by atoms with Crippen LogP contribution in [0.1, 0.15) is 29.3 Å². The van der Waals surface area contributed by atoms with Crippen LogP contribution < -0.4 is 0 Å². The summed E-state index contributed by atoms with van der Waals surface area (Å²) in [6.07, 6.45) is 2.54. The molecule has 128 valence electrons. The van der Waals surface area contributed by atoms with Crippen molar-refractivity contribution in [1.29, 1.82) is 0 Å². The lowest BCUT2D eigenvalue weighted by atomic mass is 10.1. The first-order chi connectivity index (χ1) is 11.8. The van der Waals surface area contributed by atoms with E-state index in [0.29, 0.717) is 5.92 Å². The highest BCUT2D eigenvalue weighted by molar-refractivity contribution is 7.98. The first-order valence-corrected chi connectivity index (χ1v) is 9.19. The van der Waals surface area contributed by atoms with Crippen molar-refractivity contribution in [2.24, 2.45) is 5.92 Å². The second-order valence-corrected chi connectivity index (χ2v) is 6.81. The minimum Gasteiger partial charge on any atom is -0.381 e. The summed E-state index contributed by atoms with van der Waals surface area (Å²) in [5, 5.41) is 7.45. The van der Waals surface area contributed by atoms with Gasteiger partial charge in [-0.25, -0.2) is 4.98 Å². The fourth-order valence-electron chi connectivity index (χ4n) is 2.74. The molecule has 1 aromatic heterocycles. The van der Waals surface area contributed by atoms with E-state index in [-0.39, 0.29) is 5.91 Å². The molecule has 1 N–H and O–H groups in total. The zero-order chi connectivity index (χ0) is 16.8. The first kappa shape index (κ1) is 17.0. The number of benzene rings is 1. The van der Waals surface area contributed by atoms with Crippen molar-refractivity contribution in [1.82, 2.24) is 20.1 Å². The number of nitrogens with one attached hydrogen (secondary N) is 1. The number of hydrogen-bond acceptors (Lipinski definition) is 5. The Bertz CT molecular complexity index is 639. The molecular formula is C17H22N4O2S. The molecule has 1 fully saturated rings. The number of amides is 1. The summed E-state index contributed by atoms with van der Waals surface area (Å²) in [6, 6.07) is 7.82. The fourth-order valence-corrected chi connectivity index (χ4v) is 3.47. The fraction of sp³-hybridized carbons (Fsp3) is 0.471. The highest BCUT2D eigenvalue weighted by Gasteiger charge is 2.22. The third-order valence-electron chi connectivity index (χ3n) is 4.14. The van der Waals surface area contributed by atoms with E-state index in [2.05, 4.69) is 15.2 Å². The lowest BCUT2D eigenvalue weighted by molar-refractivity contribution is 0.0731. The van der Waals surface area contributed by atoms with Gasteiger partial charge in [-0.05, 0) is 31.0 Å². The van der Waals surface area contributed by atoms with Crippen molar-refractivity contribution >= 4 is 17.7 Å². The minimum absolute atomic E-state index is 0.0961. The Morgan fingerprint density at radius 1 is 1.42 bits per heavy atom. The van der Waals surface area contributed by atoms with Gasteiger partial charge in [-0.1, -0.05) is 23.9 Å². The zero-order valence-corrected chi connectivity index (χ0v) is 14.6. The van der Waals surface area contributed by atoms with Crippen LogP contribution in [0.2, 0.25) is 0 Å². The molecule has 7 heteroatoms. The van der Waals surface area contributed by atoms with Crippen molar-refractivity contribution in [2.75, 3.05) is 26.3 Å². The zero-order valence-electron chi connectivity index (χ0n) is 13.8. The molecule has 3 rings (SSSR count). The van der Waals surface area contributed by atoms with Crippen LogP contribution in [0.25, 0.3) is 0 Å². The van der Waals surface area contributed by atoms with Gasteiger partial charge in [0.2, 0.25) is 0 Å². The number of aromatic amines is 1. The molecule has 6 nitrogen and oxygen atoms in total. The summed E-state index contributed by atoms with van der Waals surface area (Å²) >= 11 is 1.59. The smallest absolute Gasteiger partial charge is 0.253 e. The van der Waals surface area contributed by atoms with Gasteiger partial charge in [-0.2, -0.15) is 5.10 Å². The van der Waals surface area contributed by atoms with E-state index in [1.807, 2.05) is 36.1 Å². The maximum Gasteiger partial charge on any atom is 0.253 e. The molecule has 1 amide bonds. The maximum atomic E-state index is 12.7. The van der Waals surface area contributed by atoms with Crippen molar-refractivity contribution in [2.45, 2.75) is 24.3 Å². The first-order valence-electron chi connectivity index (χ1n) is 8.20. The van der Waals surface area contributed by atoms with Gasteiger partial charge in [0.15, 0.2) is 5.16 Å². The van der Waals surface area contributed by atoms with Crippen LogP contribution >= 0.6 is 11.8 Å². The van der Waals surface area contributed by atoms with Gasteiger partial charge in [-0.15, -0.1) is 0 Å². The summed E-state index contributed by atoms with van der Waals surface area (Å²) < 4.78 is 5.41. The predicted molar refractivity (Wildman–Crippen MR) is 92.9 cm³/mol. The van der Waals surface area contributed by atoms with Gasteiger partial charge in [0.25, 0.3) is 5.91 Å². The molecule has 0 radical (unpaired) electrons. The van der Waals surface area contributed by atoms with Gasteiger partial charge < -0.3 is 9.64 Å². The number of rotatable bonds is 7. The molecule has 1 atom stereocenters. The molecular weight excluding hydrogens is 324 g/mol. The topological polar surface area (TPSA) is 71.1 Å². The molecule has 1 aliphatic rings. The number of carbonyl (C=O) groups excluding carboxylic acids is 1. The van der Waals surface area contributed by atoms with Crippen LogP contribution in [0.15, 0.2) is 35.7 Å². The second kappa shape index (κ2) is 8.30. The molecule has 0 saturated carbocycles. The molecule has 2 heterocycles. The van der Waals surface area contributed by atoms with E-state index >= 15 is 0 Å². The van der Waals surface area contributed by atoms with E-state index in [0.717, 1.165) is 54.8 Å². The van der Waals surface area contributed by atoms with E-state index in [1.54, 1.807) is 11.8 Å². The lowest BCUT2D eigenvalue weighted by Crippen LogP contribution is -2.35. The monoisotopic (exact) mass is 346 g/mol. The van der Waals surface area contributed by atoms with Crippen LogP contribution in [0, 0.1) is 5.92 Å². The highest BCUT2D eigenvalue weighted by atomic mass is 32.2. The van der Waals surface area contributed by atoms with E-state index in [1.165, 1.54) is 6.33 Å². The second-order valence-electron chi connectivity index (χ2n) is 5.85. The Balaban J connectivity index is 1.57. The van der Waals surface area contributed by atoms with Crippen molar-refractivity contribution < 1.29 is 9.53 Å². The Morgan fingerprint density at radius 3 is 2.88 bits per heavy atom. The van der Waals surface area contributed by atoms with Gasteiger partial charge in [-0.3, -0.25) is 9.89 Å². The van der Waals surface area contributed by atoms with Crippen molar-refractivity contribution in [3.63, 3.8) is 0 Å². The largest absolute Gasteiger partial charge is 0.381 e. The Kier molecular flexibility index (Phi) is 5.87. The van der Waals surface area contributed by atoms with Crippen LogP contribution in [0.5, 0.6) is 0 Å². The Morgan fingerprint density at radius 2 is 2.25 bits per heavy atom. The molecule has 1 aliphatic heterocycles. The number of nitrogens with zero attached hydrogens (tertiary/aromatic N) is 3. The molecule has 0 aliphatic carbocycles. The average molecular weight is 346 g/mol. The number of H-pyrrole nitrogens is 1. The Labute approximate surface area is 146 Å². The summed E-state index contributed by atoms with van der Waals surface area (Å²) in [5.41, 5.74) is 1.89. The summed E-state index contributed by atoms with van der Waals surface area (Å²) in [7, 11) is 0. The van der Waals surface area contributed by atoms with Crippen LogP contribution in [-0.2, 0) is 10.5 Å². The number of thioether (sulfide) groups is 1. The van der Waals surface area contributed by atoms with E-state index in [9.17, 15) is 4.79 Å². The molecule has 1 aromatic carbocycles. The standard InChI is InChI=1S/C17H22N4O2S/c1-2-21(9-14-7-8-23-10-14)16(22)15-5-3-13(4-6-15)11-24-17-18-12-19-20-17/h3-6,12,14H,2,7-11H2,1H3,(H,18,19,20). The van der Waals surface area contributed by atoms with Crippen LogP contribution in [0.4, 0.5) is 0 Å². The van der Waals surface area contributed by atoms with Gasteiger partial charge in [0.1, 0.15) is 6.33 Å². The summed E-state index contributed by atoms with van der Waals surface area (Å²) in [4.78, 5) is 18.7. The quantitative estimate of drug-likeness (QED) is 0.780. The van der Waals surface area contributed by atoms with Crippen LogP contribution in [-0.4, -0.2) is 52.3 Å². The predicted octanol–water partition coefficient (Wildman–Crippen LogP) is 2.60. The summed E-state index contributed by atoms with van der Waals surface area (Å²) in [5.74, 6) is 1.35.